The predicted molar refractivity (Wildman–Crippen MR) is 54.4 cm³/mol. The van der Waals surface area contributed by atoms with Crippen LogP contribution in [0.1, 0.15) is 11.6 Å². The van der Waals surface area contributed by atoms with Crippen molar-refractivity contribution in [1.29, 1.82) is 0 Å². The van der Waals surface area contributed by atoms with E-state index in [4.69, 9.17) is 17.3 Å². The normalized spacial score (nSPS) is 14.1. The summed E-state index contributed by atoms with van der Waals surface area (Å²) in [7, 11) is 0. The lowest BCUT2D eigenvalue weighted by Crippen LogP contribution is -2.45. The number of hydrogen-bond donors (Lipinski definition) is 1. The third-order valence-electron chi connectivity index (χ3n) is 1.88. The molecule has 2 nitrogen and oxygen atoms in total. The minimum Gasteiger partial charge on any atom is -0.319 e. The van der Waals surface area contributed by atoms with E-state index in [2.05, 4.69) is 4.98 Å². The van der Waals surface area contributed by atoms with E-state index in [9.17, 15) is 22.0 Å². The van der Waals surface area contributed by atoms with Crippen LogP contribution in [0.25, 0.3) is 0 Å². The Morgan fingerprint density at radius 3 is 2.06 bits per heavy atom. The first-order chi connectivity index (χ1) is 7.16. The Morgan fingerprint density at radius 1 is 1.18 bits per heavy atom. The molecule has 0 aliphatic rings. The fraction of sp³-hybridized carbons (Fsp3) is 0.375. The van der Waals surface area contributed by atoms with Crippen molar-refractivity contribution in [3.05, 3.63) is 29.0 Å². The van der Waals surface area contributed by atoms with Crippen LogP contribution in [0.15, 0.2) is 18.3 Å². The van der Waals surface area contributed by atoms with Crippen molar-refractivity contribution in [3.8, 4) is 0 Å². The van der Waals surface area contributed by atoms with E-state index < -0.39 is 23.7 Å². The summed E-state index contributed by atoms with van der Waals surface area (Å²) < 4.78 is 61.5. The van der Waals surface area contributed by atoms with Crippen LogP contribution < -0.4 is 5.73 Å². The Morgan fingerprint density at radius 2 is 1.71 bits per heavy atom. The Labute approximate surface area is 104 Å². The molecule has 1 aromatic heterocycles. The van der Waals surface area contributed by atoms with Crippen LogP contribution in [-0.4, -0.2) is 17.1 Å². The number of rotatable bonds is 2. The lowest BCUT2D eigenvalue weighted by atomic mass is 10.0. The third kappa shape index (κ3) is 3.40. The van der Waals surface area contributed by atoms with Gasteiger partial charge >= 0.3 is 12.1 Å². The number of nitrogens with two attached hydrogens (primary N) is 1. The van der Waals surface area contributed by atoms with Gasteiger partial charge in [0.15, 0.2) is 0 Å². The monoisotopic (exact) mass is 296 g/mol. The van der Waals surface area contributed by atoms with Gasteiger partial charge in [-0.15, -0.1) is 12.4 Å². The molecule has 1 heterocycles. The Bertz CT molecular complexity index is 365. The molecule has 98 valence electrons. The number of alkyl halides is 5. The summed E-state index contributed by atoms with van der Waals surface area (Å²) in [6, 6.07) is -0.444. The molecule has 1 atom stereocenters. The van der Waals surface area contributed by atoms with Gasteiger partial charge in [0.05, 0.1) is 0 Å². The van der Waals surface area contributed by atoms with Crippen molar-refractivity contribution in [3.63, 3.8) is 0 Å². The fourth-order valence-corrected chi connectivity index (χ4v) is 1.07. The highest BCUT2D eigenvalue weighted by Gasteiger charge is 2.61. The summed E-state index contributed by atoms with van der Waals surface area (Å²) >= 11 is 5.36. The highest BCUT2D eigenvalue weighted by molar-refractivity contribution is 6.29. The smallest absolute Gasteiger partial charge is 0.319 e. The molecule has 0 fully saturated rings. The standard InChI is InChI=1S/C8H6ClF5N2.ClH/c9-5-2-1-4(3-16-5)6(15)7(10,11)8(12,13)14;/h1-3,6H,15H2;1H/t6-;/m0./s1. The molecule has 0 radical (unpaired) electrons. The lowest BCUT2D eigenvalue weighted by molar-refractivity contribution is -0.291. The van der Waals surface area contributed by atoms with Gasteiger partial charge in [0.25, 0.3) is 0 Å². The second-order valence-electron chi connectivity index (χ2n) is 3.01. The number of pyridine rings is 1. The molecule has 0 spiro atoms. The SMILES string of the molecule is Cl.N[C@@H](c1ccc(Cl)nc1)C(F)(F)C(F)(F)F. The molecule has 17 heavy (non-hydrogen) atoms. The molecule has 1 rings (SSSR count). The lowest BCUT2D eigenvalue weighted by Gasteiger charge is -2.25. The van der Waals surface area contributed by atoms with E-state index >= 15 is 0 Å². The molecular weight excluding hydrogens is 290 g/mol. The Hall–Kier alpha value is -0.660. The van der Waals surface area contributed by atoms with E-state index in [-0.39, 0.29) is 17.6 Å². The van der Waals surface area contributed by atoms with Crippen LogP contribution in [-0.2, 0) is 0 Å². The Kier molecular flexibility index (Phi) is 5.12. The largest absolute Gasteiger partial charge is 0.455 e. The number of halogens is 7. The second kappa shape index (κ2) is 5.32. The van der Waals surface area contributed by atoms with Gasteiger partial charge in [0.1, 0.15) is 11.2 Å². The third-order valence-corrected chi connectivity index (χ3v) is 2.10. The van der Waals surface area contributed by atoms with E-state index in [1.807, 2.05) is 0 Å². The summed E-state index contributed by atoms with van der Waals surface area (Å²) in [4.78, 5) is 3.38. The molecule has 1 aromatic rings. The van der Waals surface area contributed by atoms with E-state index in [1.54, 1.807) is 0 Å². The van der Waals surface area contributed by atoms with E-state index in [1.165, 1.54) is 0 Å². The van der Waals surface area contributed by atoms with Crippen LogP contribution in [0.3, 0.4) is 0 Å². The first kappa shape index (κ1) is 16.3. The summed E-state index contributed by atoms with van der Waals surface area (Å²) in [5.41, 5.74) is 4.42. The topological polar surface area (TPSA) is 38.9 Å². The Balaban J connectivity index is 0.00000256. The number of aromatic nitrogens is 1. The molecule has 0 aliphatic carbocycles. The summed E-state index contributed by atoms with van der Waals surface area (Å²) in [5.74, 6) is -5.01. The summed E-state index contributed by atoms with van der Waals surface area (Å²) in [6.07, 6.45) is -4.92. The molecule has 0 amide bonds. The minimum atomic E-state index is -5.70. The van der Waals surface area contributed by atoms with Crippen LogP contribution in [0.5, 0.6) is 0 Å². The molecule has 0 aliphatic heterocycles. The first-order valence-corrected chi connectivity index (χ1v) is 4.35. The van der Waals surface area contributed by atoms with Gasteiger partial charge in [-0.25, -0.2) is 4.98 Å². The van der Waals surface area contributed by atoms with Crippen LogP contribution >= 0.6 is 24.0 Å². The van der Waals surface area contributed by atoms with Crippen LogP contribution in [0.4, 0.5) is 22.0 Å². The maximum absolute atomic E-state index is 12.8. The van der Waals surface area contributed by atoms with Gasteiger partial charge in [-0.3, -0.25) is 0 Å². The highest BCUT2D eigenvalue weighted by Crippen LogP contribution is 2.43. The van der Waals surface area contributed by atoms with Crippen molar-refractivity contribution in [2.45, 2.75) is 18.1 Å². The van der Waals surface area contributed by atoms with Crippen LogP contribution in [0.2, 0.25) is 5.15 Å². The second-order valence-corrected chi connectivity index (χ2v) is 3.40. The quantitative estimate of drug-likeness (QED) is 0.671. The zero-order valence-electron chi connectivity index (χ0n) is 8.01. The molecule has 0 bridgehead atoms. The maximum atomic E-state index is 12.8. The summed E-state index contributed by atoms with van der Waals surface area (Å²) in [5, 5.41) is -0.0220. The van der Waals surface area contributed by atoms with E-state index in [0.29, 0.717) is 0 Å². The average molecular weight is 297 g/mol. The van der Waals surface area contributed by atoms with Gasteiger partial charge in [-0.1, -0.05) is 17.7 Å². The zero-order chi connectivity index (χ0) is 12.6. The van der Waals surface area contributed by atoms with Gasteiger partial charge in [0.2, 0.25) is 0 Å². The van der Waals surface area contributed by atoms with Gasteiger partial charge in [-0.2, -0.15) is 22.0 Å². The van der Waals surface area contributed by atoms with Gasteiger partial charge in [-0.05, 0) is 11.6 Å². The highest BCUT2D eigenvalue weighted by atomic mass is 35.5. The number of hydrogen-bond acceptors (Lipinski definition) is 2. The zero-order valence-corrected chi connectivity index (χ0v) is 9.58. The van der Waals surface area contributed by atoms with Crippen molar-refractivity contribution >= 4 is 24.0 Å². The van der Waals surface area contributed by atoms with Crippen molar-refractivity contribution in [2.75, 3.05) is 0 Å². The minimum absolute atomic E-state index is 0. The van der Waals surface area contributed by atoms with Crippen molar-refractivity contribution in [2.24, 2.45) is 5.73 Å². The van der Waals surface area contributed by atoms with Crippen LogP contribution in [0, 0.1) is 0 Å². The molecular formula is C8H7Cl2F5N2. The molecule has 0 aromatic carbocycles. The molecule has 9 heteroatoms. The summed E-state index contributed by atoms with van der Waals surface area (Å²) in [6.45, 7) is 0. The maximum Gasteiger partial charge on any atom is 0.455 e. The van der Waals surface area contributed by atoms with Crippen molar-refractivity contribution < 1.29 is 22.0 Å². The fourth-order valence-electron chi connectivity index (χ4n) is 0.957. The van der Waals surface area contributed by atoms with Gasteiger partial charge in [0, 0.05) is 6.20 Å². The average Bonchev–Trinajstić information content (AvgIpc) is 2.16. The van der Waals surface area contributed by atoms with Gasteiger partial charge < -0.3 is 5.73 Å². The molecule has 0 saturated heterocycles. The van der Waals surface area contributed by atoms with E-state index in [0.717, 1.165) is 18.3 Å². The van der Waals surface area contributed by atoms with Crippen molar-refractivity contribution in [1.82, 2.24) is 4.98 Å². The molecule has 0 saturated carbocycles. The molecule has 0 unspecified atom stereocenters. The predicted octanol–water partition coefficient (Wildman–Crippen LogP) is 3.35. The first-order valence-electron chi connectivity index (χ1n) is 3.98. The molecule has 2 N–H and O–H groups in total. The number of nitrogens with zero attached hydrogens (tertiary/aromatic N) is 1.